The van der Waals surface area contributed by atoms with Crippen molar-refractivity contribution in [1.29, 1.82) is 0 Å². The summed E-state index contributed by atoms with van der Waals surface area (Å²) >= 11 is 3.36. The molecule has 2 rings (SSSR count). The maximum atomic E-state index is 11.7. The van der Waals surface area contributed by atoms with Crippen LogP contribution < -0.4 is 11.2 Å². The number of pyridine rings is 1. The average Bonchev–Trinajstić information content (AvgIpc) is 2.28. The number of hydrogen-bond acceptors (Lipinski definition) is 2. The zero-order valence-electron chi connectivity index (χ0n) is 9.02. The highest BCUT2D eigenvalue weighted by Crippen LogP contribution is 2.17. The first-order chi connectivity index (χ1) is 8.08. The first-order valence-corrected chi connectivity index (χ1v) is 5.94. The fourth-order valence-corrected chi connectivity index (χ4v) is 2.05. The number of fused-ring (bicyclic) bond motifs is 1. The van der Waals surface area contributed by atoms with Crippen molar-refractivity contribution in [3.05, 3.63) is 45.2 Å². The van der Waals surface area contributed by atoms with Crippen LogP contribution in [0.3, 0.4) is 0 Å². The monoisotopic (exact) mass is 294 g/mol. The largest absolute Gasteiger partial charge is 0.370 e. The number of primary amides is 1. The van der Waals surface area contributed by atoms with Gasteiger partial charge in [0.25, 0.3) is 0 Å². The summed E-state index contributed by atoms with van der Waals surface area (Å²) in [5, 5.41) is 0.639. The molecule has 0 aliphatic carbocycles. The van der Waals surface area contributed by atoms with E-state index in [1.54, 1.807) is 12.3 Å². The molecular weight excluding hydrogens is 284 g/mol. The number of hydrogen-bond donors (Lipinski definition) is 1. The van der Waals surface area contributed by atoms with Crippen LogP contribution in [0.4, 0.5) is 0 Å². The van der Waals surface area contributed by atoms with Crippen LogP contribution in [0.1, 0.15) is 6.42 Å². The Morgan fingerprint density at radius 2 is 2.12 bits per heavy atom. The third-order valence-corrected chi connectivity index (χ3v) is 3.03. The molecule has 0 unspecified atom stereocenters. The van der Waals surface area contributed by atoms with E-state index in [9.17, 15) is 9.59 Å². The fraction of sp³-hybridized carbons (Fsp3) is 0.167. The second kappa shape index (κ2) is 4.71. The number of benzene rings is 1. The van der Waals surface area contributed by atoms with Gasteiger partial charge in [0.15, 0.2) is 5.43 Å². The van der Waals surface area contributed by atoms with Gasteiger partial charge in [0.2, 0.25) is 5.91 Å². The molecule has 0 aliphatic rings. The standard InChI is InChI=1S/C12H11BrN2O2/c13-8-1-2-9-10(7-8)15(5-3-11(9)16)6-4-12(14)17/h1-3,5,7H,4,6H2,(H2,14,17). The van der Waals surface area contributed by atoms with E-state index in [1.807, 2.05) is 16.7 Å². The normalized spacial score (nSPS) is 10.6. The van der Waals surface area contributed by atoms with Crippen LogP contribution in [0.5, 0.6) is 0 Å². The predicted molar refractivity (Wildman–Crippen MR) is 69.7 cm³/mol. The van der Waals surface area contributed by atoms with E-state index in [4.69, 9.17) is 5.73 Å². The molecule has 1 aromatic heterocycles. The number of nitrogens with zero attached hydrogens (tertiary/aromatic N) is 1. The van der Waals surface area contributed by atoms with Crippen molar-refractivity contribution in [1.82, 2.24) is 4.57 Å². The van der Waals surface area contributed by atoms with Gasteiger partial charge in [-0.25, -0.2) is 0 Å². The Balaban J connectivity index is 2.56. The number of rotatable bonds is 3. The lowest BCUT2D eigenvalue weighted by Gasteiger charge is -2.09. The number of halogens is 1. The molecule has 0 radical (unpaired) electrons. The van der Waals surface area contributed by atoms with Gasteiger partial charge in [0.1, 0.15) is 0 Å². The first kappa shape index (κ1) is 11.9. The van der Waals surface area contributed by atoms with Gasteiger partial charge in [-0.2, -0.15) is 0 Å². The van der Waals surface area contributed by atoms with Gasteiger partial charge in [-0.15, -0.1) is 0 Å². The Hall–Kier alpha value is -1.62. The molecule has 0 bridgehead atoms. The number of aromatic nitrogens is 1. The van der Waals surface area contributed by atoms with Crippen molar-refractivity contribution in [3.63, 3.8) is 0 Å². The Morgan fingerprint density at radius 3 is 2.82 bits per heavy atom. The predicted octanol–water partition coefficient (Wildman–Crippen LogP) is 1.64. The maximum Gasteiger partial charge on any atom is 0.219 e. The molecule has 4 nitrogen and oxygen atoms in total. The van der Waals surface area contributed by atoms with Crippen LogP contribution in [0.15, 0.2) is 39.7 Å². The zero-order valence-corrected chi connectivity index (χ0v) is 10.6. The third kappa shape index (κ3) is 2.55. The van der Waals surface area contributed by atoms with Crippen molar-refractivity contribution in [2.24, 2.45) is 5.73 Å². The number of amides is 1. The van der Waals surface area contributed by atoms with Crippen LogP contribution >= 0.6 is 15.9 Å². The molecule has 0 saturated heterocycles. The zero-order chi connectivity index (χ0) is 12.4. The molecular formula is C12H11BrN2O2. The number of carbonyl (C=O) groups is 1. The van der Waals surface area contributed by atoms with E-state index in [0.717, 1.165) is 9.99 Å². The van der Waals surface area contributed by atoms with E-state index in [0.29, 0.717) is 11.9 Å². The minimum atomic E-state index is -0.355. The quantitative estimate of drug-likeness (QED) is 0.935. The van der Waals surface area contributed by atoms with Crippen molar-refractivity contribution in [3.8, 4) is 0 Å². The van der Waals surface area contributed by atoms with Gasteiger partial charge >= 0.3 is 0 Å². The molecule has 2 aromatic rings. The second-order valence-corrected chi connectivity index (χ2v) is 4.67. The van der Waals surface area contributed by atoms with Crippen molar-refractivity contribution in [2.75, 3.05) is 0 Å². The minimum Gasteiger partial charge on any atom is -0.370 e. The van der Waals surface area contributed by atoms with Gasteiger partial charge in [-0.1, -0.05) is 15.9 Å². The Labute approximate surface area is 106 Å². The molecule has 0 saturated carbocycles. The van der Waals surface area contributed by atoms with Crippen molar-refractivity contribution in [2.45, 2.75) is 13.0 Å². The Morgan fingerprint density at radius 1 is 1.35 bits per heavy atom. The molecule has 0 spiro atoms. The molecule has 0 aliphatic heterocycles. The first-order valence-electron chi connectivity index (χ1n) is 5.15. The van der Waals surface area contributed by atoms with Gasteiger partial charge < -0.3 is 10.3 Å². The van der Waals surface area contributed by atoms with Gasteiger partial charge in [0, 0.05) is 35.1 Å². The fourth-order valence-electron chi connectivity index (χ4n) is 1.70. The van der Waals surface area contributed by atoms with Gasteiger partial charge in [-0.05, 0) is 18.2 Å². The summed E-state index contributed by atoms with van der Waals surface area (Å²) in [5.74, 6) is -0.355. The van der Waals surface area contributed by atoms with Gasteiger partial charge in [0.05, 0.1) is 5.52 Å². The van der Waals surface area contributed by atoms with Crippen LogP contribution in [0.25, 0.3) is 10.9 Å². The van der Waals surface area contributed by atoms with E-state index in [2.05, 4.69) is 15.9 Å². The highest BCUT2D eigenvalue weighted by molar-refractivity contribution is 9.10. The number of aryl methyl sites for hydroxylation is 1. The summed E-state index contributed by atoms with van der Waals surface area (Å²) in [4.78, 5) is 22.4. The van der Waals surface area contributed by atoms with E-state index in [1.165, 1.54) is 6.07 Å². The SMILES string of the molecule is NC(=O)CCn1ccc(=O)c2ccc(Br)cc21. The third-order valence-electron chi connectivity index (χ3n) is 2.54. The topological polar surface area (TPSA) is 65.1 Å². The molecule has 1 aromatic carbocycles. The van der Waals surface area contributed by atoms with E-state index < -0.39 is 0 Å². The molecule has 1 amide bonds. The number of carbonyl (C=O) groups excluding carboxylic acids is 1. The average molecular weight is 295 g/mol. The molecule has 2 N–H and O–H groups in total. The van der Waals surface area contributed by atoms with Crippen LogP contribution in [-0.4, -0.2) is 10.5 Å². The molecule has 0 atom stereocenters. The summed E-state index contributed by atoms with van der Waals surface area (Å²) in [6.07, 6.45) is 1.94. The molecule has 5 heteroatoms. The van der Waals surface area contributed by atoms with Crippen LogP contribution in [0.2, 0.25) is 0 Å². The summed E-state index contributed by atoms with van der Waals surface area (Å²) in [5.41, 5.74) is 5.89. The summed E-state index contributed by atoms with van der Waals surface area (Å²) in [6, 6.07) is 6.94. The maximum absolute atomic E-state index is 11.7. The summed E-state index contributed by atoms with van der Waals surface area (Å²) < 4.78 is 2.75. The summed E-state index contributed by atoms with van der Waals surface area (Å²) in [6.45, 7) is 0.475. The Kier molecular flexibility index (Phi) is 3.28. The van der Waals surface area contributed by atoms with E-state index >= 15 is 0 Å². The Bertz CT molecular complexity index is 634. The second-order valence-electron chi connectivity index (χ2n) is 3.75. The lowest BCUT2D eigenvalue weighted by Crippen LogP contribution is -2.15. The molecule has 17 heavy (non-hydrogen) atoms. The van der Waals surface area contributed by atoms with Crippen molar-refractivity contribution < 1.29 is 4.79 Å². The molecule has 1 heterocycles. The lowest BCUT2D eigenvalue weighted by atomic mass is 10.2. The smallest absolute Gasteiger partial charge is 0.219 e. The highest BCUT2D eigenvalue weighted by Gasteiger charge is 2.04. The van der Waals surface area contributed by atoms with Crippen LogP contribution in [0, 0.1) is 0 Å². The van der Waals surface area contributed by atoms with E-state index in [-0.39, 0.29) is 17.8 Å². The van der Waals surface area contributed by atoms with Gasteiger partial charge in [-0.3, -0.25) is 9.59 Å². The van der Waals surface area contributed by atoms with Crippen LogP contribution in [-0.2, 0) is 11.3 Å². The molecule has 88 valence electrons. The lowest BCUT2D eigenvalue weighted by molar-refractivity contribution is -0.118. The highest BCUT2D eigenvalue weighted by atomic mass is 79.9. The molecule has 0 fully saturated rings. The minimum absolute atomic E-state index is 0.0252. The number of nitrogens with two attached hydrogens (primary N) is 1. The van der Waals surface area contributed by atoms with Crippen molar-refractivity contribution >= 4 is 32.7 Å². The summed E-state index contributed by atoms with van der Waals surface area (Å²) in [7, 11) is 0.